The molecule has 24 heavy (non-hydrogen) atoms. The van der Waals surface area contributed by atoms with E-state index in [0.29, 0.717) is 25.1 Å². The van der Waals surface area contributed by atoms with Gasteiger partial charge in [0.2, 0.25) is 15.9 Å². The van der Waals surface area contributed by atoms with Crippen molar-refractivity contribution in [2.75, 3.05) is 19.6 Å². The van der Waals surface area contributed by atoms with Crippen molar-refractivity contribution in [1.82, 2.24) is 14.4 Å². The monoisotopic (exact) mass is 355 g/mol. The Kier molecular flexibility index (Phi) is 4.96. The van der Waals surface area contributed by atoms with Crippen LogP contribution in [0.3, 0.4) is 0 Å². The molecule has 0 spiro atoms. The lowest BCUT2D eigenvalue weighted by Crippen LogP contribution is -2.48. The van der Waals surface area contributed by atoms with Gasteiger partial charge in [-0.05, 0) is 39.5 Å². The lowest BCUT2D eigenvalue weighted by Gasteiger charge is -2.29. The average Bonchev–Trinajstić information content (AvgIpc) is 3.06. The van der Waals surface area contributed by atoms with E-state index in [1.807, 2.05) is 4.90 Å². The highest BCUT2D eigenvalue weighted by molar-refractivity contribution is 7.89. The molecule has 2 saturated heterocycles. The Labute approximate surface area is 143 Å². The smallest absolute Gasteiger partial charge is 0.249 e. The number of carbonyl (C=O) groups is 1. The first-order valence-corrected chi connectivity index (χ1v) is 10.1. The van der Waals surface area contributed by atoms with Crippen molar-refractivity contribution in [1.29, 1.82) is 0 Å². The Hall–Kier alpha value is -1.41. The van der Waals surface area contributed by atoms with Crippen LogP contribution >= 0.6 is 0 Å². The topological polar surface area (TPSA) is 83.7 Å². The van der Waals surface area contributed by atoms with Crippen molar-refractivity contribution in [2.24, 2.45) is 0 Å². The summed E-state index contributed by atoms with van der Waals surface area (Å²) in [4.78, 5) is 14.9. The van der Waals surface area contributed by atoms with E-state index < -0.39 is 16.1 Å². The first kappa shape index (κ1) is 17.4. The van der Waals surface area contributed by atoms with E-state index in [1.54, 1.807) is 13.8 Å². The van der Waals surface area contributed by atoms with Gasteiger partial charge in [0, 0.05) is 19.6 Å². The molecule has 134 valence electrons. The van der Waals surface area contributed by atoms with E-state index in [9.17, 15) is 13.2 Å². The zero-order chi connectivity index (χ0) is 17.3. The van der Waals surface area contributed by atoms with Crippen molar-refractivity contribution in [2.45, 2.75) is 63.3 Å². The highest BCUT2D eigenvalue weighted by atomic mass is 32.2. The van der Waals surface area contributed by atoms with Gasteiger partial charge in [0.25, 0.3) is 0 Å². The molecule has 8 heteroatoms. The standard InChI is InChI=1S/C16H25N3O4S/c1-12-15(13(2)23-17-12)24(21,22)19-11-7-8-14(19)16(20)18-9-5-3-4-6-10-18/h14H,3-11H2,1-2H3. The number of rotatable bonds is 3. The second kappa shape index (κ2) is 6.84. The summed E-state index contributed by atoms with van der Waals surface area (Å²) in [5.41, 5.74) is 0.348. The molecule has 0 aromatic carbocycles. The van der Waals surface area contributed by atoms with Gasteiger partial charge >= 0.3 is 0 Å². The van der Waals surface area contributed by atoms with E-state index in [0.717, 1.165) is 38.8 Å². The van der Waals surface area contributed by atoms with Crippen LogP contribution in [0.4, 0.5) is 0 Å². The number of aryl methyl sites for hydroxylation is 2. The summed E-state index contributed by atoms with van der Waals surface area (Å²) >= 11 is 0. The summed E-state index contributed by atoms with van der Waals surface area (Å²) in [6.45, 7) is 5.04. The Bertz CT molecular complexity index is 685. The van der Waals surface area contributed by atoms with Crippen molar-refractivity contribution >= 4 is 15.9 Å². The normalized spacial score (nSPS) is 23.4. The molecule has 3 rings (SSSR count). The average molecular weight is 355 g/mol. The van der Waals surface area contributed by atoms with E-state index in [1.165, 1.54) is 4.31 Å². The molecule has 1 atom stereocenters. The fraction of sp³-hybridized carbons (Fsp3) is 0.750. The van der Waals surface area contributed by atoms with Crippen LogP contribution in [0.15, 0.2) is 9.42 Å². The molecule has 2 fully saturated rings. The minimum Gasteiger partial charge on any atom is -0.360 e. The molecule has 0 aliphatic carbocycles. The minimum absolute atomic E-state index is 0.0512. The van der Waals surface area contributed by atoms with Crippen LogP contribution in [-0.2, 0) is 14.8 Å². The number of amides is 1. The van der Waals surface area contributed by atoms with Gasteiger partial charge in [0.15, 0.2) is 5.76 Å². The van der Waals surface area contributed by atoms with Crippen molar-refractivity contribution in [3.8, 4) is 0 Å². The summed E-state index contributed by atoms with van der Waals surface area (Å²) in [6, 6.07) is -0.596. The maximum absolute atomic E-state index is 13.1. The van der Waals surface area contributed by atoms with Crippen LogP contribution in [0, 0.1) is 13.8 Å². The molecule has 7 nitrogen and oxygen atoms in total. The first-order chi connectivity index (χ1) is 11.4. The number of nitrogens with zero attached hydrogens (tertiary/aromatic N) is 3. The molecule has 0 bridgehead atoms. The SMILES string of the molecule is Cc1noc(C)c1S(=O)(=O)N1CCCC1C(=O)N1CCCCCC1. The maximum atomic E-state index is 13.1. The fourth-order valence-electron chi connectivity index (χ4n) is 3.74. The second-order valence-electron chi connectivity index (χ2n) is 6.67. The number of hydrogen-bond donors (Lipinski definition) is 0. The number of carbonyl (C=O) groups excluding carboxylic acids is 1. The number of likely N-dealkylation sites (tertiary alicyclic amines) is 1. The molecular weight excluding hydrogens is 330 g/mol. The predicted octanol–water partition coefficient (Wildman–Crippen LogP) is 1.85. The quantitative estimate of drug-likeness (QED) is 0.826. The highest BCUT2D eigenvalue weighted by Crippen LogP contribution is 2.30. The third kappa shape index (κ3) is 3.09. The van der Waals surface area contributed by atoms with Crippen LogP contribution in [0.1, 0.15) is 50.0 Å². The van der Waals surface area contributed by atoms with E-state index in [-0.39, 0.29) is 16.6 Å². The Morgan fingerprint density at radius 2 is 1.75 bits per heavy atom. The Morgan fingerprint density at radius 3 is 2.33 bits per heavy atom. The van der Waals surface area contributed by atoms with E-state index in [4.69, 9.17) is 4.52 Å². The minimum atomic E-state index is -3.77. The lowest BCUT2D eigenvalue weighted by atomic mass is 10.2. The van der Waals surface area contributed by atoms with Crippen molar-refractivity contribution in [3.63, 3.8) is 0 Å². The molecule has 2 aliphatic rings. The van der Waals surface area contributed by atoms with Gasteiger partial charge in [0.05, 0.1) is 0 Å². The molecule has 0 N–H and O–H groups in total. The first-order valence-electron chi connectivity index (χ1n) is 8.66. The summed E-state index contributed by atoms with van der Waals surface area (Å²) < 4.78 is 32.5. The highest BCUT2D eigenvalue weighted by Gasteiger charge is 2.43. The largest absolute Gasteiger partial charge is 0.360 e. The molecular formula is C16H25N3O4S. The van der Waals surface area contributed by atoms with E-state index >= 15 is 0 Å². The Balaban J connectivity index is 1.86. The van der Waals surface area contributed by atoms with Gasteiger partial charge in [-0.1, -0.05) is 18.0 Å². The molecule has 3 heterocycles. The molecule has 1 amide bonds. The summed E-state index contributed by atoms with van der Waals surface area (Å²) in [7, 11) is -3.77. The zero-order valence-corrected chi connectivity index (χ0v) is 15.1. The number of sulfonamides is 1. The fourth-order valence-corrected chi connectivity index (χ4v) is 5.68. The van der Waals surface area contributed by atoms with Crippen LogP contribution in [-0.4, -0.2) is 54.4 Å². The van der Waals surface area contributed by atoms with Gasteiger partial charge in [0.1, 0.15) is 16.6 Å². The molecule has 2 aliphatic heterocycles. The van der Waals surface area contributed by atoms with Crippen LogP contribution < -0.4 is 0 Å². The van der Waals surface area contributed by atoms with Crippen molar-refractivity contribution < 1.29 is 17.7 Å². The summed E-state index contributed by atoms with van der Waals surface area (Å²) in [5.74, 6) is 0.227. The van der Waals surface area contributed by atoms with Crippen LogP contribution in [0.2, 0.25) is 0 Å². The molecule has 1 aromatic heterocycles. The molecule has 1 unspecified atom stereocenters. The summed E-state index contributed by atoms with van der Waals surface area (Å²) in [6.07, 6.45) is 5.54. The van der Waals surface area contributed by atoms with Crippen molar-refractivity contribution in [3.05, 3.63) is 11.5 Å². The van der Waals surface area contributed by atoms with Gasteiger partial charge in [-0.25, -0.2) is 8.42 Å². The number of aromatic nitrogens is 1. The third-order valence-corrected chi connectivity index (χ3v) is 7.09. The van der Waals surface area contributed by atoms with Gasteiger partial charge in [-0.15, -0.1) is 0 Å². The van der Waals surface area contributed by atoms with Gasteiger partial charge in [-0.2, -0.15) is 4.31 Å². The van der Waals surface area contributed by atoms with Crippen LogP contribution in [0.25, 0.3) is 0 Å². The van der Waals surface area contributed by atoms with Crippen LogP contribution in [0.5, 0.6) is 0 Å². The molecule has 0 saturated carbocycles. The van der Waals surface area contributed by atoms with Gasteiger partial charge in [-0.3, -0.25) is 4.79 Å². The lowest BCUT2D eigenvalue weighted by molar-refractivity contribution is -0.134. The maximum Gasteiger partial charge on any atom is 0.249 e. The third-order valence-electron chi connectivity index (χ3n) is 4.94. The number of hydrogen-bond acceptors (Lipinski definition) is 5. The predicted molar refractivity (Wildman–Crippen MR) is 87.9 cm³/mol. The summed E-state index contributed by atoms with van der Waals surface area (Å²) in [5, 5.41) is 3.75. The van der Waals surface area contributed by atoms with E-state index in [2.05, 4.69) is 5.16 Å². The molecule has 1 aromatic rings. The zero-order valence-electron chi connectivity index (χ0n) is 14.3. The molecule has 0 radical (unpaired) electrons. The second-order valence-corrected chi connectivity index (χ2v) is 8.49. The van der Waals surface area contributed by atoms with Gasteiger partial charge < -0.3 is 9.42 Å². The Morgan fingerprint density at radius 1 is 1.08 bits per heavy atom.